The van der Waals surface area contributed by atoms with Crippen LogP contribution in [0.2, 0.25) is 0 Å². The highest BCUT2D eigenvalue weighted by Gasteiger charge is 2.10. The molecule has 0 aromatic heterocycles. The Balaban J connectivity index is 1.54. The third-order valence-electron chi connectivity index (χ3n) is 4.70. The lowest BCUT2D eigenvalue weighted by Gasteiger charge is -2.13. The molecular weight excluding hydrogens is 432 g/mol. The summed E-state index contributed by atoms with van der Waals surface area (Å²) < 4.78 is 10.9. The number of carbonyl (C=O) groups excluding carboxylic acids is 2. The van der Waals surface area contributed by atoms with E-state index in [2.05, 4.69) is 22.0 Å². The van der Waals surface area contributed by atoms with Crippen LogP contribution in [0.1, 0.15) is 29.8 Å². The van der Waals surface area contributed by atoms with Gasteiger partial charge in [0, 0.05) is 16.9 Å². The van der Waals surface area contributed by atoms with Crippen molar-refractivity contribution in [2.45, 2.75) is 13.8 Å². The van der Waals surface area contributed by atoms with E-state index >= 15 is 0 Å². The van der Waals surface area contributed by atoms with Gasteiger partial charge in [0.05, 0.1) is 37.1 Å². The Hall–Kier alpha value is -4.51. The van der Waals surface area contributed by atoms with Gasteiger partial charge in [-0.15, -0.1) is 0 Å². The summed E-state index contributed by atoms with van der Waals surface area (Å²) >= 11 is 0. The molecule has 0 aliphatic rings. The van der Waals surface area contributed by atoms with E-state index in [4.69, 9.17) is 14.7 Å². The molecule has 0 spiro atoms. The van der Waals surface area contributed by atoms with Gasteiger partial charge in [-0.25, -0.2) is 0 Å². The number of rotatable bonds is 10. The number of nitriles is 1. The van der Waals surface area contributed by atoms with Crippen molar-refractivity contribution in [1.82, 2.24) is 0 Å². The van der Waals surface area contributed by atoms with Gasteiger partial charge in [0.15, 0.2) is 0 Å². The highest BCUT2D eigenvalue weighted by molar-refractivity contribution is 6.04. The minimum atomic E-state index is -0.281. The smallest absolute Gasteiger partial charge is 0.255 e. The fourth-order valence-electron chi connectivity index (χ4n) is 3.11. The van der Waals surface area contributed by atoms with Gasteiger partial charge in [0.25, 0.3) is 5.91 Å². The van der Waals surface area contributed by atoms with Crippen LogP contribution in [0.4, 0.5) is 17.1 Å². The average molecular weight is 459 g/mol. The molecule has 0 unspecified atom stereocenters. The van der Waals surface area contributed by atoms with Crippen molar-refractivity contribution in [3.63, 3.8) is 0 Å². The molecule has 0 aliphatic heterocycles. The molecule has 0 bridgehead atoms. The van der Waals surface area contributed by atoms with E-state index in [1.165, 1.54) is 0 Å². The second kappa shape index (κ2) is 11.9. The van der Waals surface area contributed by atoms with Gasteiger partial charge in [-0.2, -0.15) is 5.26 Å². The van der Waals surface area contributed by atoms with Gasteiger partial charge >= 0.3 is 0 Å². The fourth-order valence-corrected chi connectivity index (χ4v) is 3.11. The first-order chi connectivity index (χ1) is 16.5. The molecule has 0 atom stereocenters. The molecule has 0 aliphatic carbocycles. The van der Waals surface area contributed by atoms with Crippen LogP contribution in [-0.4, -0.2) is 31.6 Å². The molecule has 0 saturated heterocycles. The lowest BCUT2D eigenvalue weighted by atomic mass is 10.2. The molecule has 8 nitrogen and oxygen atoms in total. The quantitative estimate of drug-likeness (QED) is 0.407. The van der Waals surface area contributed by atoms with Crippen LogP contribution in [0.5, 0.6) is 11.5 Å². The van der Waals surface area contributed by atoms with Crippen molar-refractivity contribution in [1.29, 1.82) is 5.26 Å². The van der Waals surface area contributed by atoms with E-state index in [9.17, 15) is 9.59 Å². The molecule has 34 heavy (non-hydrogen) atoms. The first-order valence-corrected chi connectivity index (χ1v) is 10.9. The van der Waals surface area contributed by atoms with E-state index in [0.29, 0.717) is 47.2 Å². The number of hydrogen-bond donors (Lipinski definition) is 3. The largest absolute Gasteiger partial charge is 0.494 e. The van der Waals surface area contributed by atoms with Crippen LogP contribution in [0.15, 0.2) is 66.7 Å². The Morgan fingerprint density at radius 1 is 0.853 bits per heavy atom. The van der Waals surface area contributed by atoms with Crippen LogP contribution in [0.3, 0.4) is 0 Å². The molecule has 3 aromatic rings. The summed E-state index contributed by atoms with van der Waals surface area (Å²) in [7, 11) is 0. The number of ether oxygens (including phenoxy) is 2. The van der Waals surface area contributed by atoms with Crippen molar-refractivity contribution in [3.8, 4) is 17.6 Å². The Morgan fingerprint density at radius 3 is 2.15 bits per heavy atom. The molecule has 0 fully saturated rings. The van der Waals surface area contributed by atoms with Crippen LogP contribution >= 0.6 is 0 Å². The number of anilines is 3. The van der Waals surface area contributed by atoms with Crippen LogP contribution in [0.25, 0.3) is 0 Å². The number of nitrogens with one attached hydrogen (secondary N) is 3. The lowest BCUT2D eigenvalue weighted by molar-refractivity contribution is -0.114. The Labute approximate surface area is 198 Å². The third-order valence-corrected chi connectivity index (χ3v) is 4.70. The summed E-state index contributed by atoms with van der Waals surface area (Å²) in [4.78, 5) is 24.9. The Morgan fingerprint density at radius 2 is 1.50 bits per heavy atom. The number of nitrogens with zero attached hydrogens (tertiary/aromatic N) is 1. The molecule has 3 N–H and O–H groups in total. The van der Waals surface area contributed by atoms with E-state index < -0.39 is 0 Å². The van der Waals surface area contributed by atoms with E-state index in [1.807, 2.05) is 13.8 Å². The highest BCUT2D eigenvalue weighted by atomic mass is 16.5. The second-order valence-electron chi connectivity index (χ2n) is 7.15. The van der Waals surface area contributed by atoms with Gasteiger partial charge in [-0.05, 0) is 80.6 Å². The SMILES string of the molecule is CCOc1ccc(NC(=O)c2ccc(NC(=O)CNc3cc(C#N)ccc3OCC)cc2)cc1. The van der Waals surface area contributed by atoms with Gasteiger partial charge in [-0.3, -0.25) is 9.59 Å². The predicted octanol–water partition coefficient (Wildman–Crippen LogP) is 4.66. The summed E-state index contributed by atoms with van der Waals surface area (Å²) in [6, 6.07) is 20.8. The summed E-state index contributed by atoms with van der Waals surface area (Å²) in [5, 5.41) is 17.7. The fraction of sp³-hybridized carbons (Fsp3) is 0.192. The standard InChI is InChI=1S/C26H26N4O4/c1-3-33-22-12-10-21(11-13-22)30-26(32)19-6-8-20(9-7-19)29-25(31)17-28-23-15-18(16-27)5-14-24(23)34-4-2/h5-15,28H,3-4,17H2,1-2H3,(H,29,31)(H,30,32). The number of hydrogen-bond acceptors (Lipinski definition) is 6. The van der Waals surface area contributed by atoms with E-state index in [1.54, 1.807) is 66.7 Å². The van der Waals surface area contributed by atoms with Crippen LogP contribution in [0, 0.1) is 11.3 Å². The lowest BCUT2D eigenvalue weighted by Crippen LogP contribution is -2.22. The molecule has 8 heteroatoms. The van der Waals surface area contributed by atoms with Crippen molar-refractivity contribution in [2.24, 2.45) is 0 Å². The predicted molar refractivity (Wildman–Crippen MR) is 131 cm³/mol. The highest BCUT2D eigenvalue weighted by Crippen LogP contribution is 2.25. The first-order valence-electron chi connectivity index (χ1n) is 10.9. The maximum absolute atomic E-state index is 12.5. The summed E-state index contributed by atoms with van der Waals surface area (Å²) in [6.45, 7) is 4.79. The van der Waals surface area contributed by atoms with Gasteiger partial charge < -0.3 is 25.4 Å². The first kappa shape index (κ1) is 24.1. The molecule has 2 amide bonds. The zero-order valence-corrected chi connectivity index (χ0v) is 19.1. The molecule has 0 heterocycles. The van der Waals surface area contributed by atoms with Gasteiger partial charge in [-0.1, -0.05) is 0 Å². The molecule has 3 aromatic carbocycles. The molecule has 0 saturated carbocycles. The van der Waals surface area contributed by atoms with E-state index in [-0.39, 0.29) is 18.4 Å². The third kappa shape index (κ3) is 6.74. The average Bonchev–Trinajstić information content (AvgIpc) is 2.85. The van der Waals surface area contributed by atoms with Crippen LogP contribution < -0.4 is 25.4 Å². The van der Waals surface area contributed by atoms with Crippen molar-refractivity contribution in [2.75, 3.05) is 35.7 Å². The van der Waals surface area contributed by atoms with Crippen molar-refractivity contribution < 1.29 is 19.1 Å². The zero-order chi connectivity index (χ0) is 24.3. The topological polar surface area (TPSA) is 112 Å². The van der Waals surface area contributed by atoms with Crippen LogP contribution in [-0.2, 0) is 4.79 Å². The molecule has 174 valence electrons. The van der Waals surface area contributed by atoms with Crippen molar-refractivity contribution in [3.05, 3.63) is 77.9 Å². The molecular formula is C26H26N4O4. The Kier molecular flexibility index (Phi) is 8.47. The van der Waals surface area contributed by atoms with Gasteiger partial charge in [0.1, 0.15) is 11.5 Å². The number of carbonyl (C=O) groups is 2. The number of benzene rings is 3. The normalized spacial score (nSPS) is 10.0. The second-order valence-corrected chi connectivity index (χ2v) is 7.15. The number of amides is 2. The van der Waals surface area contributed by atoms with Gasteiger partial charge in [0.2, 0.25) is 5.91 Å². The molecule has 0 radical (unpaired) electrons. The maximum atomic E-state index is 12.5. The Bertz CT molecular complexity index is 1170. The summed E-state index contributed by atoms with van der Waals surface area (Å²) in [5.74, 6) is 0.764. The molecule has 3 rings (SSSR count). The zero-order valence-electron chi connectivity index (χ0n) is 19.1. The summed E-state index contributed by atoms with van der Waals surface area (Å²) in [5.41, 5.74) is 2.70. The van der Waals surface area contributed by atoms with Crippen molar-refractivity contribution >= 4 is 28.9 Å². The van der Waals surface area contributed by atoms with E-state index in [0.717, 1.165) is 5.75 Å². The summed E-state index contributed by atoms with van der Waals surface area (Å²) in [6.07, 6.45) is 0. The monoisotopic (exact) mass is 458 g/mol. The minimum absolute atomic E-state index is 0.0189. The maximum Gasteiger partial charge on any atom is 0.255 e. The minimum Gasteiger partial charge on any atom is -0.494 e.